The SMILES string of the molecule is CC(C)(C)OC(=O)N1CCC[C@@H]1COc1ccc(-n2ccc(OCc3ccc(Cl)cn3)cc2=O)cc1. The van der Waals surface area contributed by atoms with Crippen molar-refractivity contribution in [1.82, 2.24) is 14.5 Å². The summed E-state index contributed by atoms with van der Waals surface area (Å²) < 4.78 is 18.7. The van der Waals surface area contributed by atoms with Crippen molar-refractivity contribution in [2.75, 3.05) is 13.2 Å². The quantitative estimate of drug-likeness (QED) is 0.431. The topological polar surface area (TPSA) is 82.9 Å². The highest BCUT2D eigenvalue weighted by Gasteiger charge is 2.32. The summed E-state index contributed by atoms with van der Waals surface area (Å²) in [5.74, 6) is 1.12. The summed E-state index contributed by atoms with van der Waals surface area (Å²) in [6.45, 7) is 6.86. The van der Waals surface area contributed by atoms with Crippen LogP contribution in [0.25, 0.3) is 5.69 Å². The number of pyridine rings is 2. The van der Waals surface area contributed by atoms with Gasteiger partial charge in [-0.25, -0.2) is 4.79 Å². The largest absolute Gasteiger partial charge is 0.491 e. The van der Waals surface area contributed by atoms with Crippen LogP contribution in [0.3, 0.4) is 0 Å². The molecule has 1 aliphatic heterocycles. The Balaban J connectivity index is 1.33. The normalized spacial score (nSPS) is 15.6. The van der Waals surface area contributed by atoms with Crippen LogP contribution in [0.4, 0.5) is 4.79 Å². The number of carbonyl (C=O) groups excluding carboxylic acids is 1. The number of aromatic nitrogens is 2. The summed E-state index contributed by atoms with van der Waals surface area (Å²) in [6, 6.07) is 13.9. The first-order chi connectivity index (χ1) is 17.2. The first-order valence-corrected chi connectivity index (χ1v) is 12.2. The van der Waals surface area contributed by atoms with E-state index in [-0.39, 0.29) is 24.3 Å². The van der Waals surface area contributed by atoms with Crippen molar-refractivity contribution in [1.29, 1.82) is 0 Å². The van der Waals surface area contributed by atoms with Gasteiger partial charge in [-0.2, -0.15) is 0 Å². The average Bonchev–Trinajstić information content (AvgIpc) is 3.31. The molecule has 9 heteroatoms. The van der Waals surface area contributed by atoms with E-state index in [9.17, 15) is 9.59 Å². The van der Waals surface area contributed by atoms with E-state index in [1.165, 1.54) is 10.6 Å². The molecular weight excluding hydrogens is 482 g/mol. The number of rotatable bonds is 7. The zero-order valence-electron chi connectivity index (χ0n) is 20.6. The number of nitrogens with zero attached hydrogens (tertiary/aromatic N) is 3. The van der Waals surface area contributed by atoms with Gasteiger partial charge >= 0.3 is 6.09 Å². The summed E-state index contributed by atoms with van der Waals surface area (Å²) in [5, 5.41) is 0.555. The molecule has 0 spiro atoms. The third-order valence-electron chi connectivity index (χ3n) is 5.63. The minimum atomic E-state index is -0.531. The van der Waals surface area contributed by atoms with Gasteiger partial charge in [-0.15, -0.1) is 0 Å². The number of amides is 1. The Morgan fingerprint density at radius 3 is 2.53 bits per heavy atom. The zero-order chi connectivity index (χ0) is 25.7. The minimum Gasteiger partial charge on any atom is -0.491 e. The van der Waals surface area contributed by atoms with Crippen LogP contribution in [0.2, 0.25) is 5.02 Å². The van der Waals surface area contributed by atoms with Crippen LogP contribution in [-0.4, -0.2) is 45.3 Å². The number of benzene rings is 1. The predicted molar refractivity (Wildman–Crippen MR) is 137 cm³/mol. The molecule has 8 nitrogen and oxygen atoms in total. The fourth-order valence-corrected chi connectivity index (χ4v) is 3.99. The highest BCUT2D eigenvalue weighted by atomic mass is 35.5. The highest BCUT2D eigenvalue weighted by Crippen LogP contribution is 2.23. The van der Waals surface area contributed by atoms with Crippen molar-refractivity contribution in [2.24, 2.45) is 0 Å². The highest BCUT2D eigenvalue weighted by molar-refractivity contribution is 6.30. The molecule has 4 rings (SSSR count). The van der Waals surface area contributed by atoms with Crippen molar-refractivity contribution >= 4 is 17.7 Å². The van der Waals surface area contributed by atoms with Gasteiger partial charge in [0.15, 0.2) is 0 Å². The lowest BCUT2D eigenvalue weighted by Crippen LogP contribution is -2.42. The molecule has 0 saturated carbocycles. The molecule has 1 atom stereocenters. The van der Waals surface area contributed by atoms with Gasteiger partial charge in [0.1, 0.15) is 30.3 Å². The Kier molecular flexibility index (Phi) is 7.84. The molecule has 0 bridgehead atoms. The van der Waals surface area contributed by atoms with Crippen LogP contribution >= 0.6 is 11.6 Å². The van der Waals surface area contributed by atoms with Crippen LogP contribution in [0, 0.1) is 0 Å². The number of carbonyl (C=O) groups is 1. The summed E-state index contributed by atoms with van der Waals surface area (Å²) >= 11 is 5.84. The Morgan fingerprint density at radius 1 is 1.08 bits per heavy atom. The van der Waals surface area contributed by atoms with Crippen LogP contribution in [0.5, 0.6) is 11.5 Å². The summed E-state index contributed by atoms with van der Waals surface area (Å²) in [7, 11) is 0. The Bertz CT molecular complexity index is 1240. The van der Waals surface area contributed by atoms with Gasteiger partial charge < -0.3 is 19.1 Å². The van der Waals surface area contributed by atoms with Crippen LogP contribution in [0.15, 0.2) is 65.7 Å². The van der Waals surface area contributed by atoms with Crippen molar-refractivity contribution in [2.45, 2.75) is 51.9 Å². The van der Waals surface area contributed by atoms with Crippen LogP contribution in [-0.2, 0) is 11.3 Å². The Labute approximate surface area is 215 Å². The van der Waals surface area contributed by atoms with Gasteiger partial charge in [0.05, 0.1) is 16.8 Å². The van der Waals surface area contributed by atoms with Gasteiger partial charge in [-0.1, -0.05) is 11.6 Å². The molecule has 3 aromatic rings. The number of halogens is 1. The van der Waals surface area contributed by atoms with Crippen molar-refractivity contribution in [3.8, 4) is 17.2 Å². The molecule has 0 aliphatic carbocycles. The van der Waals surface area contributed by atoms with E-state index < -0.39 is 5.60 Å². The maximum Gasteiger partial charge on any atom is 0.410 e. The molecule has 0 unspecified atom stereocenters. The number of hydrogen-bond donors (Lipinski definition) is 0. The fourth-order valence-electron chi connectivity index (χ4n) is 3.88. The summed E-state index contributed by atoms with van der Waals surface area (Å²) in [4.78, 5) is 31.0. The lowest BCUT2D eigenvalue weighted by atomic mass is 10.2. The van der Waals surface area contributed by atoms with E-state index in [0.29, 0.717) is 41.1 Å². The molecule has 1 fully saturated rings. The maximum absolute atomic E-state index is 12.6. The zero-order valence-corrected chi connectivity index (χ0v) is 21.4. The average molecular weight is 512 g/mol. The standard InChI is InChI=1S/C27H30ClN3O5/c1-27(2,3)36-26(33)31-13-4-5-22(31)18-35-23-10-8-21(9-11-23)30-14-12-24(15-25(30)32)34-17-20-7-6-19(28)16-29-20/h6-12,14-16,22H,4-5,13,17-18H2,1-3H3/t22-/m1/s1. The van der Waals surface area contributed by atoms with Gasteiger partial charge in [-0.05, 0) is 76.1 Å². The molecule has 190 valence electrons. The predicted octanol–water partition coefficient (Wildman–Crippen LogP) is 5.24. The van der Waals surface area contributed by atoms with E-state index in [0.717, 1.165) is 12.8 Å². The molecule has 1 aliphatic rings. The lowest BCUT2D eigenvalue weighted by molar-refractivity contribution is 0.0187. The van der Waals surface area contributed by atoms with Crippen LogP contribution in [0.1, 0.15) is 39.3 Å². The van der Waals surface area contributed by atoms with E-state index in [4.69, 9.17) is 25.8 Å². The molecule has 0 N–H and O–H groups in total. The fraction of sp³-hybridized carbons (Fsp3) is 0.370. The van der Waals surface area contributed by atoms with Gasteiger partial charge in [0.25, 0.3) is 5.56 Å². The van der Waals surface area contributed by atoms with Gasteiger partial charge in [0.2, 0.25) is 0 Å². The second-order valence-corrected chi connectivity index (χ2v) is 10.0. The maximum atomic E-state index is 12.6. The van der Waals surface area contributed by atoms with Crippen molar-refractivity contribution in [3.05, 3.63) is 82.0 Å². The van der Waals surface area contributed by atoms with Crippen LogP contribution < -0.4 is 15.0 Å². The molecule has 1 amide bonds. The molecule has 0 radical (unpaired) electrons. The third kappa shape index (κ3) is 6.79. The second kappa shape index (κ2) is 11.0. The van der Waals surface area contributed by atoms with Gasteiger partial charge in [-0.3, -0.25) is 14.3 Å². The molecule has 3 heterocycles. The molecular formula is C27H30ClN3O5. The summed E-state index contributed by atoms with van der Waals surface area (Å²) in [5.41, 5.74) is 0.668. The summed E-state index contributed by atoms with van der Waals surface area (Å²) in [6.07, 6.45) is 4.71. The first-order valence-electron chi connectivity index (χ1n) is 11.9. The lowest BCUT2D eigenvalue weighted by Gasteiger charge is -2.28. The van der Waals surface area contributed by atoms with Crippen molar-refractivity contribution < 1.29 is 19.0 Å². The number of hydrogen-bond acceptors (Lipinski definition) is 6. The van der Waals surface area contributed by atoms with Gasteiger partial charge in [0, 0.05) is 30.7 Å². The molecule has 1 saturated heterocycles. The molecule has 36 heavy (non-hydrogen) atoms. The monoisotopic (exact) mass is 511 g/mol. The third-order valence-corrected chi connectivity index (χ3v) is 5.85. The second-order valence-electron chi connectivity index (χ2n) is 9.60. The van der Waals surface area contributed by atoms with E-state index in [1.54, 1.807) is 35.5 Å². The number of ether oxygens (including phenoxy) is 3. The number of likely N-dealkylation sites (tertiary alicyclic amines) is 1. The minimum absolute atomic E-state index is 0.0298. The Morgan fingerprint density at radius 2 is 1.86 bits per heavy atom. The molecule has 1 aromatic carbocycles. The first kappa shape index (κ1) is 25.6. The molecule has 2 aromatic heterocycles. The van der Waals surface area contributed by atoms with Crippen molar-refractivity contribution in [3.63, 3.8) is 0 Å². The van der Waals surface area contributed by atoms with E-state index in [1.807, 2.05) is 45.0 Å². The smallest absolute Gasteiger partial charge is 0.410 e. The van der Waals surface area contributed by atoms with E-state index in [2.05, 4.69) is 4.98 Å². The Hall–Kier alpha value is -3.52. The van der Waals surface area contributed by atoms with E-state index >= 15 is 0 Å².